The minimum absolute atomic E-state index is 0.374. The van der Waals surface area contributed by atoms with E-state index in [0.717, 1.165) is 0 Å². The van der Waals surface area contributed by atoms with Crippen molar-refractivity contribution >= 4 is 5.97 Å². The van der Waals surface area contributed by atoms with Crippen LogP contribution in [0.15, 0.2) is 0 Å². The fourth-order valence-electron chi connectivity index (χ4n) is 1.30. The smallest absolute Gasteiger partial charge is 0.338 e. The fourth-order valence-corrected chi connectivity index (χ4v) is 1.30. The van der Waals surface area contributed by atoms with E-state index in [1.807, 2.05) is 0 Å². The summed E-state index contributed by atoms with van der Waals surface area (Å²) in [5.41, 5.74) is -1.77. The third-order valence-electron chi connectivity index (χ3n) is 1.58. The zero-order valence-electron chi connectivity index (χ0n) is 6.47. The van der Waals surface area contributed by atoms with Crippen molar-refractivity contribution in [1.29, 1.82) is 0 Å². The molecule has 0 radical (unpaired) electrons. The molecule has 1 aliphatic rings. The highest BCUT2D eigenvalue weighted by molar-refractivity contribution is 5.81. The molecule has 1 aliphatic heterocycles. The van der Waals surface area contributed by atoms with Crippen LogP contribution in [0.1, 0.15) is 27.2 Å². The Morgan fingerprint density at radius 2 is 2.00 bits per heavy atom. The first kappa shape index (κ1) is 7.54. The first-order valence-corrected chi connectivity index (χ1v) is 3.29. The fraction of sp³-hybridized carbons (Fsp3) is 0.857. The van der Waals surface area contributed by atoms with E-state index in [0.29, 0.717) is 6.42 Å². The second-order valence-corrected chi connectivity index (χ2v) is 3.60. The Bertz CT molecular complexity index is 170. The van der Waals surface area contributed by atoms with E-state index in [-0.39, 0.29) is 0 Å². The molecule has 3 nitrogen and oxygen atoms in total. The van der Waals surface area contributed by atoms with E-state index in [4.69, 9.17) is 4.74 Å². The molecule has 1 unspecified atom stereocenters. The van der Waals surface area contributed by atoms with Gasteiger partial charge in [0.25, 0.3) is 0 Å². The number of hydrogen-bond donors (Lipinski definition) is 1. The van der Waals surface area contributed by atoms with Gasteiger partial charge in [-0.2, -0.15) is 0 Å². The Morgan fingerprint density at radius 3 is 2.10 bits per heavy atom. The number of rotatable bonds is 0. The van der Waals surface area contributed by atoms with Gasteiger partial charge < -0.3 is 9.84 Å². The van der Waals surface area contributed by atoms with Crippen LogP contribution in [0.5, 0.6) is 0 Å². The first-order chi connectivity index (χ1) is 4.33. The molecular formula is C7H12O3. The average molecular weight is 144 g/mol. The van der Waals surface area contributed by atoms with E-state index in [9.17, 15) is 9.90 Å². The monoisotopic (exact) mass is 144 g/mol. The molecule has 58 valence electrons. The maximum Gasteiger partial charge on any atom is 0.338 e. The first-order valence-electron chi connectivity index (χ1n) is 3.29. The molecule has 3 heteroatoms. The molecular weight excluding hydrogens is 132 g/mol. The van der Waals surface area contributed by atoms with E-state index >= 15 is 0 Å². The highest BCUT2D eigenvalue weighted by Crippen LogP contribution is 2.32. The number of carbonyl (C=O) groups excluding carboxylic acids is 1. The van der Waals surface area contributed by atoms with Crippen molar-refractivity contribution in [3.63, 3.8) is 0 Å². The predicted molar refractivity (Wildman–Crippen MR) is 35.4 cm³/mol. The van der Waals surface area contributed by atoms with Crippen LogP contribution in [0, 0.1) is 0 Å². The molecule has 10 heavy (non-hydrogen) atoms. The largest absolute Gasteiger partial charge is 0.457 e. The molecule has 0 spiro atoms. The number of carbonyl (C=O) groups is 1. The van der Waals surface area contributed by atoms with E-state index < -0.39 is 17.2 Å². The lowest BCUT2D eigenvalue weighted by molar-refractivity contribution is -0.156. The van der Waals surface area contributed by atoms with Crippen LogP contribution >= 0.6 is 0 Å². The SMILES string of the molecule is CC1(C)CC(C)(O)C(=O)O1. The average Bonchev–Trinajstić information content (AvgIpc) is 1.73. The van der Waals surface area contributed by atoms with Crippen molar-refractivity contribution in [3.05, 3.63) is 0 Å². The molecule has 0 aromatic heterocycles. The summed E-state index contributed by atoms with van der Waals surface area (Å²) in [5.74, 6) is -0.516. The van der Waals surface area contributed by atoms with Crippen LogP contribution in [0.2, 0.25) is 0 Å². The molecule has 1 N–H and O–H groups in total. The molecule has 1 rings (SSSR count). The Balaban J connectivity index is 2.81. The Hall–Kier alpha value is -0.570. The second-order valence-electron chi connectivity index (χ2n) is 3.60. The topological polar surface area (TPSA) is 46.5 Å². The van der Waals surface area contributed by atoms with Gasteiger partial charge in [-0.05, 0) is 20.8 Å². The quantitative estimate of drug-likeness (QED) is 0.502. The molecule has 0 saturated carbocycles. The standard InChI is InChI=1S/C7H12O3/c1-6(2)4-7(3,9)5(8)10-6/h9H,4H2,1-3H3. The van der Waals surface area contributed by atoms with Crippen molar-refractivity contribution in [2.45, 2.75) is 38.4 Å². The normalized spacial score (nSPS) is 37.8. The summed E-state index contributed by atoms with van der Waals surface area (Å²) in [6.45, 7) is 5.04. The number of hydrogen-bond acceptors (Lipinski definition) is 3. The summed E-state index contributed by atoms with van der Waals surface area (Å²) in [5, 5.41) is 9.32. The third-order valence-corrected chi connectivity index (χ3v) is 1.58. The number of esters is 1. The lowest BCUT2D eigenvalue weighted by Gasteiger charge is -2.15. The zero-order chi connectivity index (χ0) is 7.99. The summed E-state index contributed by atoms with van der Waals surface area (Å²) in [4.78, 5) is 10.8. The van der Waals surface area contributed by atoms with Gasteiger partial charge in [0, 0.05) is 6.42 Å². The number of ether oxygens (including phenoxy) is 1. The summed E-state index contributed by atoms with van der Waals surface area (Å²) >= 11 is 0. The van der Waals surface area contributed by atoms with Crippen LogP contribution in [-0.4, -0.2) is 22.3 Å². The summed E-state index contributed by atoms with van der Waals surface area (Å²) in [6, 6.07) is 0. The molecule has 0 aliphatic carbocycles. The Labute approximate surface area is 60.0 Å². The van der Waals surface area contributed by atoms with Crippen LogP contribution in [0.25, 0.3) is 0 Å². The molecule has 0 aromatic carbocycles. The number of aliphatic hydroxyl groups is 1. The van der Waals surface area contributed by atoms with Crippen LogP contribution in [-0.2, 0) is 9.53 Å². The molecule has 1 heterocycles. The lowest BCUT2D eigenvalue weighted by Crippen LogP contribution is -2.29. The molecule has 0 aromatic rings. The molecule has 1 fully saturated rings. The van der Waals surface area contributed by atoms with E-state index in [1.54, 1.807) is 13.8 Å². The van der Waals surface area contributed by atoms with Gasteiger partial charge in [-0.15, -0.1) is 0 Å². The third kappa shape index (κ3) is 1.14. The van der Waals surface area contributed by atoms with Crippen LogP contribution in [0.4, 0.5) is 0 Å². The minimum atomic E-state index is -1.27. The van der Waals surface area contributed by atoms with E-state index in [1.165, 1.54) is 6.92 Å². The van der Waals surface area contributed by atoms with Gasteiger partial charge in [-0.25, -0.2) is 4.79 Å². The molecule has 0 bridgehead atoms. The van der Waals surface area contributed by atoms with Crippen LogP contribution < -0.4 is 0 Å². The van der Waals surface area contributed by atoms with Gasteiger partial charge in [0.15, 0.2) is 5.60 Å². The van der Waals surface area contributed by atoms with Crippen molar-refractivity contribution in [1.82, 2.24) is 0 Å². The number of cyclic esters (lactones) is 1. The van der Waals surface area contributed by atoms with Crippen LogP contribution in [0.3, 0.4) is 0 Å². The predicted octanol–water partition coefficient (Wildman–Crippen LogP) is 0.463. The summed E-state index contributed by atoms with van der Waals surface area (Å²) in [7, 11) is 0. The maximum atomic E-state index is 10.8. The summed E-state index contributed by atoms with van der Waals surface area (Å²) < 4.78 is 4.88. The highest BCUT2D eigenvalue weighted by Gasteiger charge is 2.48. The molecule has 1 saturated heterocycles. The van der Waals surface area contributed by atoms with Crippen molar-refractivity contribution in [2.75, 3.05) is 0 Å². The zero-order valence-corrected chi connectivity index (χ0v) is 6.47. The van der Waals surface area contributed by atoms with Gasteiger partial charge in [-0.1, -0.05) is 0 Å². The maximum absolute atomic E-state index is 10.8. The molecule has 0 amide bonds. The molecule has 1 atom stereocenters. The van der Waals surface area contributed by atoms with Gasteiger partial charge in [0.05, 0.1) is 0 Å². The summed E-state index contributed by atoms with van der Waals surface area (Å²) in [6.07, 6.45) is 0.374. The minimum Gasteiger partial charge on any atom is -0.457 e. The van der Waals surface area contributed by atoms with Gasteiger partial charge >= 0.3 is 5.97 Å². The second kappa shape index (κ2) is 1.72. The van der Waals surface area contributed by atoms with Gasteiger partial charge in [0.1, 0.15) is 5.60 Å². The highest BCUT2D eigenvalue weighted by atomic mass is 16.6. The van der Waals surface area contributed by atoms with Gasteiger partial charge in [-0.3, -0.25) is 0 Å². The van der Waals surface area contributed by atoms with Crippen molar-refractivity contribution in [2.24, 2.45) is 0 Å². The lowest BCUT2D eigenvalue weighted by atomic mass is 9.95. The van der Waals surface area contributed by atoms with Crippen molar-refractivity contribution < 1.29 is 14.6 Å². The van der Waals surface area contributed by atoms with Gasteiger partial charge in [0.2, 0.25) is 0 Å². The van der Waals surface area contributed by atoms with Crippen molar-refractivity contribution in [3.8, 4) is 0 Å². The van der Waals surface area contributed by atoms with E-state index in [2.05, 4.69) is 0 Å². The Morgan fingerprint density at radius 1 is 1.50 bits per heavy atom. The Kier molecular flexibility index (Phi) is 1.30.